The highest BCUT2D eigenvalue weighted by Gasteiger charge is 2.28. The number of phenolic OH excluding ortho intramolecular Hbond substituents is 1. The normalized spacial score (nSPS) is 13.7. The van der Waals surface area contributed by atoms with E-state index in [1.54, 1.807) is 53.6 Å². The highest BCUT2D eigenvalue weighted by atomic mass is 16.5. The number of nitrogens with zero attached hydrogens (tertiary/aromatic N) is 1. The molecule has 0 amide bonds. The molecule has 0 bridgehead atoms. The Morgan fingerprint density at radius 2 is 1.62 bits per heavy atom. The molecule has 0 fully saturated rings. The number of phenols is 1. The van der Waals surface area contributed by atoms with Crippen LogP contribution in [0.2, 0.25) is 0 Å². The summed E-state index contributed by atoms with van der Waals surface area (Å²) in [6, 6.07) is 10.4. The summed E-state index contributed by atoms with van der Waals surface area (Å²) >= 11 is 0. The maximum atomic E-state index is 12.5. The first-order chi connectivity index (χ1) is 12.6. The molecule has 0 unspecified atom stereocenters. The summed E-state index contributed by atoms with van der Waals surface area (Å²) in [5, 5.41) is 11.5. The van der Waals surface area contributed by atoms with Crippen molar-refractivity contribution in [2.24, 2.45) is 0 Å². The van der Waals surface area contributed by atoms with E-state index in [9.17, 15) is 14.7 Å². The second kappa shape index (κ2) is 7.14. The maximum absolute atomic E-state index is 12.5. The zero-order chi connectivity index (χ0) is 18.7. The van der Waals surface area contributed by atoms with Crippen LogP contribution >= 0.6 is 0 Å². The van der Waals surface area contributed by atoms with Crippen molar-refractivity contribution in [1.82, 2.24) is 0 Å². The number of benzene rings is 2. The van der Waals surface area contributed by atoms with Crippen molar-refractivity contribution in [1.29, 1.82) is 0 Å². The first-order valence-corrected chi connectivity index (χ1v) is 7.84. The second-order valence-corrected chi connectivity index (χ2v) is 5.47. The number of fused-ring (bicyclic) bond motifs is 1. The number of allylic oxidation sites excluding steroid dienone is 2. The minimum absolute atomic E-state index is 0.0280. The number of carbonyl (C=O) groups excluding carboxylic acids is 2. The number of rotatable bonds is 3. The van der Waals surface area contributed by atoms with Gasteiger partial charge in [0.05, 0.1) is 25.5 Å². The molecule has 1 N–H and O–H groups in total. The third-order valence-electron chi connectivity index (χ3n) is 4.02. The largest absolute Gasteiger partial charge is 0.507 e. The van der Waals surface area contributed by atoms with Gasteiger partial charge in [0, 0.05) is 17.0 Å². The molecular weight excluding hydrogens is 334 g/mol. The third kappa shape index (κ3) is 2.93. The number of carbonyl (C=O) groups is 2. The third-order valence-corrected chi connectivity index (χ3v) is 4.02. The van der Waals surface area contributed by atoms with Gasteiger partial charge in [-0.25, -0.2) is 9.59 Å². The first-order valence-electron chi connectivity index (χ1n) is 7.84. The molecule has 2 aromatic carbocycles. The molecule has 0 spiro atoms. The van der Waals surface area contributed by atoms with Crippen LogP contribution in [0.25, 0.3) is 10.8 Å². The standard InChI is InChI=1S/C20H17NO5/c1-25-19(23)15-7-3-4-12-21(18(15)20(24)26-2)16-10-5-9-14-13(16)8-6-11-17(14)22/h3-12,22H,1-2H3. The van der Waals surface area contributed by atoms with Crippen LogP contribution in [0, 0.1) is 0 Å². The van der Waals surface area contributed by atoms with Crippen molar-refractivity contribution in [3.8, 4) is 5.75 Å². The van der Waals surface area contributed by atoms with E-state index < -0.39 is 11.9 Å². The van der Waals surface area contributed by atoms with Crippen LogP contribution in [0.4, 0.5) is 5.69 Å². The van der Waals surface area contributed by atoms with Crippen molar-refractivity contribution >= 4 is 28.4 Å². The predicted molar refractivity (Wildman–Crippen MR) is 97.4 cm³/mol. The topological polar surface area (TPSA) is 76.1 Å². The van der Waals surface area contributed by atoms with Crippen LogP contribution in [-0.4, -0.2) is 31.3 Å². The summed E-state index contributed by atoms with van der Waals surface area (Å²) in [5.74, 6) is -1.21. The van der Waals surface area contributed by atoms with Gasteiger partial charge in [0.2, 0.25) is 0 Å². The zero-order valence-corrected chi connectivity index (χ0v) is 14.3. The van der Waals surface area contributed by atoms with Crippen LogP contribution < -0.4 is 4.90 Å². The molecule has 3 rings (SSSR count). The first kappa shape index (κ1) is 17.3. The quantitative estimate of drug-likeness (QED) is 0.857. The van der Waals surface area contributed by atoms with Gasteiger partial charge in [0.25, 0.3) is 0 Å². The SMILES string of the molecule is COC(=O)C1=C(C(=O)OC)N(c2cccc3c(O)cccc23)C=CC=C1. The fourth-order valence-corrected chi connectivity index (χ4v) is 2.84. The molecule has 132 valence electrons. The van der Waals surface area contributed by atoms with Gasteiger partial charge in [-0.05, 0) is 24.3 Å². The summed E-state index contributed by atoms with van der Waals surface area (Å²) in [4.78, 5) is 26.3. The predicted octanol–water partition coefficient (Wildman–Crippen LogP) is 3.04. The average Bonchev–Trinajstić information content (AvgIpc) is 2.89. The van der Waals surface area contributed by atoms with Gasteiger partial charge in [-0.1, -0.05) is 30.3 Å². The molecule has 26 heavy (non-hydrogen) atoms. The van der Waals surface area contributed by atoms with Crippen molar-refractivity contribution < 1.29 is 24.2 Å². The number of hydrogen-bond acceptors (Lipinski definition) is 6. The summed E-state index contributed by atoms with van der Waals surface area (Å²) in [6.07, 6.45) is 6.48. The molecule has 0 saturated heterocycles. The molecule has 1 aliphatic rings. The van der Waals surface area contributed by atoms with E-state index >= 15 is 0 Å². The van der Waals surface area contributed by atoms with Gasteiger partial charge in [-0.3, -0.25) is 0 Å². The number of methoxy groups -OCH3 is 2. The second-order valence-electron chi connectivity index (χ2n) is 5.47. The molecule has 6 heteroatoms. The van der Waals surface area contributed by atoms with Crippen molar-refractivity contribution in [3.05, 3.63) is 72.1 Å². The molecule has 0 radical (unpaired) electrons. The Bertz CT molecular complexity index is 971. The van der Waals surface area contributed by atoms with Gasteiger partial charge < -0.3 is 19.5 Å². The smallest absolute Gasteiger partial charge is 0.355 e. The molecule has 0 aliphatic carbocycles. The average molecular weight is 351 g/mol. The number of aromatic hydroxyl groups is 1. The van der Waals surface area contributed by atoms with E-state index in [-0.39, 0.29) is 17.0 Å². The number of esters is 2. The summed E-state index contributed by atoms with van der Waals surface area (Å²) < 4.78 is 9.70. The van der Waals surface area contributed by atoms with Gasteiger partial charge in [0.15, 0.2) is 0 Å². The van der Waals surface area contributed by atoms with E-state index in [4.69, 9.17) is 9.47 Å². The van der Waals surface area contributed by atoms with Crippen molar-refractivity contribution in [2.45, 2.75) is 0 Å². The molecule has 2 aromatic rings. The molecule has 1 aliphatic heterocycles. The Morgan fingerprint density at radius 1 is 0.923 bits per heavy atom. The Morgan fingerprint density at radius 3 is 2.35 bits per heavy atom. The van der Waals surface area contributed by atoms with Crippen LogP contribution in [0.1, 0.15) is 0 Å². The minimum atomic E-state index is -0.682. The van der Waals surface area contributed by atoms with Crippen LogP contribution in [0.5, 0.6) is 5.75 Å². The Kier molecular flexibility index (Phi) is 4.75. The van der Waals surface area contributed by atoms with Gasteiger partial charge in [-0.15, -0.1) is 0 Å². The Labute approximate surface area is 150 Å². The van der Waals surface area contributed by atoms with Gasteiger partial charge in [-0.2, -0.15) is 0 Å². The fourth-order valence-electron chi connectivity index (χ4n) is 2.84. The molecule has 0 atom stereocenters. The fraction of sp³-hybridized carbons (Fsp3) is 0.100. The van der Waals surface area contributed by atoms with Crippen molar-refractivity contribution in [3.63, 3.8) is 0 Å². The monoisotopic (exact) mass is 351 g/mol. The van der Waals surface area contributed by atoms with Gasteiger partial charge >= 0.3 is 11.9 Å². The van der Waals surface area contributed by atoms with Crippen molar-refractivity contribution in [2.75, 3.05) is 19.1 Å². The number of anilines is 1. The van der Waals surface area contributed by atoms with Gasteiger partial charge in [0.1, 0.15) is 11.4 Å². The Hall–Kier alpha value is -3.54. The minimum Gasteiger partial charge on any atom is -0.507 e. The lowest BCUT2D eigenvalue weighted by atomic mass is 10.1. The number of ether oxygens (including phenoxy) is 2. The van der Waals surface area contributed by atoms with E-state index in [0.29, 0.717) is 16.5 Å². The molecule has 1 heterocycles. The summed E-state index contributed by atoms with van der Waals surface area (Å²) in [7, 11) is 2.49. The van der Waals surface area contributed by atoms with Crippen LogP contribution in [0.15, 0.2) is 72.1 Å². The van der Waals surface area contributed by atoms with E-state index in [1.807, 2.05) is 6.07 Å². The highest BCUT2D eigenvalue weighted by Crippen LogP contribution is 2.35. The molecule has 0 aromatic heterocycles. The van der Waals surface area contributed by atoms with E-state index in [2.05, 4.69) is 0 Å². The van der Waals surface area contributed by atoms with E-state index in [0.717, 1.165) is 0 Å². The lowest BCUT2D eigenvalue weighted by Crippen LogP contribution is -2.27. The molecule has 0 saturated carbocycles. The maximum Gasteiger partial charge on any atom is 0.355 e. The Balaban J connectivity index is 2.30. The molecule has 6 nitrogen and oxygen atoms in total. The lowest BCUT2D eigenvalue weighted by molar-refractivity contribution is -0.139. The van der Waals surface area contributed by atoms with Crippen LogP contribution in [0.3, 0.4) is 0 Å². The summed E-state index contributed by atoms with van der Waals surface area (Å²) in [5.41, 5.74) is 0.710. The zero-order valence-electron chi connectivity index (χ0n) is 14.3. The number of hydrogen-bond donors (Lipinski definition) is 1. The van der Waals surface area contributed by atoms with E-state index in [1.165, 1.54) is 20.3 Å². The highest BCUT2D eigenvalue weighted by molar-refractivity contribution is 6.08. The molecular formula is C20H17NO5. The van der Waals surface area contributed by atoms with Crippen LogP contribution in [-0.2, 0) is 19.1 Å². The summed E-state index contributed by atoms with van der Waals surface area (Å²) in [6.45, 7) is 0. The lowest BCUT2D eigenvalue weighted by Gasteiger charge is -2.24.